The lowest BCUT2D eigenvalue weighted by molar-refractivity contribution is -0.120. The maximum atomic E-state index is 12.0. The molecule has 2 N–H and O–H groups in total. The minimum atomic E-state index is -0.0831. The summed E-state index contributed by atoms with van der Waals surface area (Å²) in [6.45, 7) is 0.536. The number of benzene rings is 1. The number of ether oxygens (including phenoxy) is 1. The molecule has 0 aliphatic heterocycles. The number of hydrogen-bond acceptors (Lipinski definition) is 5. The number of hydrogen-bond donors (Lipinski definition) is 2. The molecule has 2 amide bonds. The fourth-order valence-electron chi connectivity index (χ4n) is 2.47. The summed E-state index contributed by atoms with van der Waals surface area (Å²) >= 11 is 1.35. The molecule has 1 heterocycles. The van der Waals surface area contributed by atoms with Crippen LogP contribution >= 0.6 is 11.3 Å². The number of carbonyl (C=O) groups excluding carboxylic acids is 2. The number of thiazole rings is 1. The first-order chi connectivity index (χ1) is 12.2. The number of amides is 2. The first-order valence-corrected chi connectivity index (χ1v) is 9.17. The van der Waals surface area contributed by atoms with Crippen molar-refractivity contribution in [2.75, 3.05) is 19.0 Å². The highest BCUT2D eigenvalue weighted by Gasteiger charge is 2.30. The number of rotatable bonds is 8. The third-order valence-corrected chi connectivity index (χ3v) is 4.79. The standard InChI is InChI=1S/C18H21N3O3S/c1-24-15-5-3-2-4-12(15)8-9-19-16(22)10-14-11-25-18(20-14)21-17(23)13-6-7-13/h2-5,11,13H,6-10H2,1H3,(H,19,22)(H,20,21,23). The van der Waals surface area contributed by atoms with Gasteiger partial charge < -0.3 is 15.4 Å². The van der Waals surface area contributed by atoms with E-state index in [2.05, 4.69) is 15.6 Å². The van der Waals surface area contributed by atoms with Crippen LogP contribution in [0.3, 0.4) is 0 Å². The van der Waals surface area contributed by atoms with Crippen molar-refractivity contribution in [1.29, 1.82) is 0 Å². The molecule has 3 rings (SSSR count). The minimum absolute atomic E-state index is 0.0298. The van der Waals surface area contributed by atoms with E-state index in [4.69, 9.17) is 4.74 Å². The number of methoxy groups -OCH3 is 1. The Morgan fingerprint density at radius 1 is 1.32 bits per heavy atom. The van der Waals surface area contributed by atoms with Crippen LogP contribution in [0.5, 0.6) is 5.75 Å². The second-order valence-corrected chi connectivity index (χ2v) is 6.85. The van der Waals surface area contributed by atoms with Crippen LogP contribution in [0.4, 0.5) is 5.13 Å². The molecule has 1 aliphatic carbocycles. The molecule has 0 unspecified atom stereocenters. The molecule has 6 nitrogen and oxygen atoms in total. The van der Waals surface area contributed by atoms with Gasteiger partial charge in [-0.05, 0) is 30.9 Å². The molecule has 1 aromatic carbocycles. The van der Waals surface area contributed by atoms with Gasteiger partial charge in [0.25, 0.3) is 0 Å². The average Bonchev–Trinajstić information content (AvgIpc) is 3.38. The van der Waals surface area contributed by atoms with Crippen LogP contribution in [0.1, 0.15) is 24.1 Å². The van der Waals surface area contributed by atoms with E-state index in [9.17, 15) is 9.59 Å². The van der Waals surface area contributed by atoms with Gasteiger partial charge in [0.05, 0.1) is 19.2 Å². The Kier molecular flexibility index (Phi) is 5.65. The summed E-state index contributed by atoms with van der Waals surface area (Å²) in [4.78, 5) is 28.0. The van der Waals surface area contributed by atoms with Gasteiger partial charge in [0.15, 0.2) is 5.13 Å². The van der Waals surface area contributed by atoms with Gasteiger partial charge in [-0.2, -0.15) is 0 Å². The van der Waals surface area contributed by atoms with Crippen molar-refractivity contribution in [2.24, 2.45) is 5.92 Å². The first-order valence-electron chi connectivity index (χ1n) is 8.29. The lowest BCUT2D eigenvalue weighted by Crippen LogP contribution is -2.27. The minimum Gasteiger partial charge on any atom is -0.496 e. The highest BCUT2D eigenvalue weighted by atomic mass is 32.1. The number of para-hydroxylation sites is 1. The quantitative estimate of drug-likeness (QED) is 0.758. The molecule has 1 aliphatic rings. The van der Waals surface area contributed by atoms with Gasteiger partial charge in [-0.25, -0.2) is 4.98 Å². The molecule has 0 radical (unpaired) electrons. The van der Waals surface area contributed by atoms with Crippen LogP contribution < -0.4 is 15.4 Å². The highest BCUT2D eigenvalue weighted by molar-refractivity contribution is 7.13. The van der Waals surface area contributed by atoms with E-state index in [-0.39, 0.29) is 24.2 Å². The summed E-state index contributed by atoms with van der Waals surface area (Å²) < 4.78 is 5.30. The predicted molar refractivity (Wildman–Crippen MR) is 96.9 cm³/mol. The van der Waals surface area contributed by atoms with Gasteiger partial charge in [-0.3, -0.25) is 9.59 Å². The highest BCUT2D eigenvalue weighted by Crippen LogP contribution is 2.30. The third-order valence-electron chi connectivity index (χ3n) is 3.98. The Balaban J connectivity index is 1.43. The van der Waals surface area contributed by atoms with E-state index in [1.807, 2.05) is 29.6 Å². The molecule has 132 valence electrons. The van der Waals surface area contributed by atoms with Gasteiger partial charge in [-0.15, -0.1) is 11.3 Å². The van der Waals surface area contributed by atoms with Crippen molar-refractivity contribution >= 4 is 28.3 Å². The first kappa shape index (κ1) is 17.4. The van der Waals surface area contributed by atoms with Gasteiger partial charge in [0, 0.05) is 17.8 Å². The Hall–Kier alpha value is -2.41. The maximum Gasteiger partial charge on any atom is 0.229 e. The van der Waals surface area contributed by atoms with Crippen LogP contribution in [-0.4, -0.2) is 30.5 Å². The molecule has 0 bridgehead atoms. The summed E-state index contributed by atoms with van der Waals surface area (Å²) in [5.41, 5.74) is 1.73. The Morgan fingerprint density at radius 2 is 2.12 bits per heavy atom. The maximum absolute atomic E-state index is 12.0. The zero-order chi connectivity index (χ0) is 17.6. The molecule has 25 heavy (non-hydrogen) atoms. The molecule has 2 aromatic rings. The molecular formula is C18H21N3O3S. The van der Waals surface area contributed by atoms with Crippen molar-refractivity contribution in [3.63, 3.8) is 0 Å². The van der Waals surface area contributed by atoms with Crippen LogP contribution in [0.2, 0.25) is 0 Å². The van der Waals surface area contributed by atoms with Crippen molar-refractivity contribution in [2.45, 2.75) is 25.7 Å². The third kappa shape index (κ3) is 5.03. The molecule has 7 heteroatoms. The van der Waals surface area contributed by atoms with Gasteiger partial charge in [0.2, 0.25) is 11.8 Å². The van der Waals surface area contributed by atoms with Gasteiger partial charge in [0.1, 0.15) is 5.75 Å². The van der Waals surface area contributed by atoms with E-state index in [1.165, 1.54) is 11.3 Å². The van der Waals surface area contributed by atoms with E-state index < -0.39 is 0 Å². The van der Waals surface area contributed by atoms with E-state index in [0.29, 0.717) is 23.8 Å². The molecule has 1 aromatic heterocycles. The Bertz CT molecular complexity index is 756. The fraction of sp³-hybridized carbons (Fsp3) is 0.389. The average molecular weight is 359 g/mol. The summed E-state index contributed by atoms with van der Waals surface area (Å²) in [6.07, 6.45) is 2.83. The molecular weight excluding hydrogens is 338 g/mol. The number of carbonyl (C=O) groups is 2. The van der Waals surface area contributed by atoms with Crippen LogP contribution in [-0.2, 0) is 22.4 Å². The monoisotopic (exact) mass is 359 g/mol. The zero-order valence-corrected chi connectivity index (χ0v) is 14.9. The molecule has 0 saturated heterocycles. The van der Waals surface area contributed by atoms with Crippen LogP contribution in [0.25, 0.3) is 0 Å². The van der Waals surface area contributed by atoms with Gasteiger partial charge >= 0.3 is 0 Å². The number of nitrogens with zero attached hydrogens (tertiary/aromatic N) is 1. The largest absolute Gasteiger partial charge is 0.496 e. The topological polar surface area (TPSA) is 80.3 Å². The summed E-state index contributed by atoms with van der Waals surface area (Å²) in [5.74, 6) is 0.917. The van der Waals surface area contributed by atoms with Crippen molar-refractivity contribution in [1.82, 2.24) is 10.3 Å². The molecule has 1 saturated carbocycles. The second-order valence-electron chi connectivity index (χ2n) is 6.00. The Morgan fingerprint density at radius 3 is 2.88 bits per heavy atom. The second kappa shape index (κ2) is 8.11. The number of anilines is 1. The summed E-state index contributed by atoms with van der Waals surface area (Å²) in [6, 6.07) is 7.76. The summed E-state index contributed by atoms with van der Waals surface area (Å²) in [5, 5.41) is 8.06. The lowest BCUT2D eigenvalue weighted by Gasteiger charge is -2.08. The summed E-state index contributed by atoms with van der Waals surface area (Å²) in [7, 11) is 1.64. The predicted octanol–water partition coefficient (Wildman–Crippen LogP) is 2.40. The SMILES string of the molecule is COc1ccccc1CCNC(=O)Cc1csc(NC(=O)C2CC2)n1. The van der Waals surface area contributed by atoms with E-state index in [0.717, 1.165) is 24.2 Å². The van der Waals surface area contributed by atoms with E-state index in [1.54, 1.807) is 7.11 Å². The fourth-order valence-corrected chi connectivity index (χ4v) is 3.18. The van der Waals surface area contributed by atoms with Crippen LogP contribution in [0, 0.1) is 5.92 Å². The van der Waals surface area contributed by atoms with Crippen LogP contribution in [0.15, 0.2) is 29.6 Å². The number of aromatic nitrogens is 1. The van der Waals surface area contributed by atoms with Crippen molar-refractivity contribution in [3.05, 3.63) is 40.9 Å². The molecule has 0 atom stereocenters. The smallest absolute Gasteiger partial charge is 0.229 e. The normalized spacial score (nSPS) is 13.3. The van der Waals surface area contributed by atoms with Crippen molar-refractivity contribution in [3.8, 4) is 5.75 Å². The van der Waals surface area contributed by atoms with Gasteiger partial charge in [-0.1, -0.05) is 18.2 Å². The molecule has 0 spiro atoms. The Labute approximate surface area is 150 Å². The zero-order valence-electron chi connectivity index (χ0n) is 14.1. The lowest BCUT2D eigenvalue weighted by atomic mass is 10.1. The van der Waals surface area contributed by atoms with E-state index >= 15 is 0 Å². The number of nitrogens with one attached hydrogen (secondary N) is 2. The van der Waals surface area contributed by atoms with Crippen molar-refractivity contribution < 1.29 is 14.3 Å². The molecule has 1 fully saturated rings.